The molecule has 0 aliphatic carbocycles. The number of hydrogen-bond donors (Lipinski definition) is 1. The summed E-state index contributed by atoms with van der Waals surface area (Å²) in [5.74, 6) is -0.676. The van der Waals surface area contributed by atoms with Crippen LogP contribution in [-0.4, -0.2) is 22.4 Å². The first-order chi connectivity index (χ1) is 10.3. The Bertz CT molecular complexity index is 658. The average Bonchev–Trinajstić information content (AvgIpc) is 2.97. The molecule has 5 nitrogen and oxygen atoms in total. The summed E-state index contributed by atoms with van der Waals surface area (Å²) in [6, 6.07) is 9.62. The lowest BCUT2D eigenvalue weighted by atomic mass is 10.1. The van der Waals surface area contributed by atoms with Crippen LogP contribution in [0.25, 0.3) is 0 Å². The maximum absolute atomic E-state index is 12.6. The predicted octanol–water partition coefficient (Wildman–Crippen LogP) is 3.52. The molecule has 0 unspecified atom stereocenters. The van der Waals surface area contributed by atoms with Gasteiger partial charge in [0.1, 0.15) is 0 Å². The van der Waals surface area contributed by atoms with Gasteiger partial charge in [-0.15, -0.1) is 0 Å². The number of halogens is 1. The quantitative estimate of drug-likeness (QED) is 0.861. The number of furan rings is 1. The summed E-state index contributed by atoms with van der Waals surface area (Å²) < 4.78 is 5.04. The molecule has 0 atom stereocenters. The zero-order valence-corrected chi connectivity index (χ0v) is 13.3. The highest BCUT2D eigenvalue weighted by atomic mass is 35.5. The first-order valence-corrected chi connectivity index (χ1v) is 7.11. The van der Waals surface area contributed by atoms with Gasteiger partial charge in [0.15, 0.2) is 5.76 Å². The Labute approximate surface area is 133 Å². The molecule has 1 aromatic heterocycles. The Balaban J connectivity index is 2.25. The maximum atomic E-state index is 12.6. The van der Waals surface area contributed by atoms with Gasteiger partial charge in [0, 0.05) is 10.6 Å². The molecule has 116 valence electrons. The molecule has 0 bridgehead atoms. The van der Waals surface area contributed by atoms with Crippen LogP contribution in [0, 0.1) is 0 Å². The molecule has 2 rings (SSSR count). The van der Waals surface area contributed by atoms with E-state index in [1.54, 1.807) is 30.3 Å². The molecule has 0 saturated heterocycles. The summed E-state index contributed by atoms with van der Waals surface area (Å²) in [5, 5.41) is 1.82. The van der Waals surface area contributed by atoms with Crippen molar-refractivity contribution in [2.45, 2.75) is 26.3 Å². The Kier molecular flexibility index (Phi) is 4.56. The summed E-state index contributed by atoms with van der Waals surface area (Å²) >= 11 is 5.83. The number of carbonyl (C=O) groups excluding carboxylic acids is 2. The molecule has 2 aromatic rings. The molecule has 0 spiro atoms. The van der Waals surface area contributed by atoms with E-state index in [0.29, 0.717) is 10.6 Å². The highest BCUT2D eigenvalue weighted by Crippen LogP contribution is 2.17. The second-order valence-corrected chi connectivity index (χ2v) is 6.17. The summed E-state index contributed by atoms with van der Waals surface area (Å²) in [4.78, 5) is 24.8. The van der Waals surface area contributed by atoms with Crippen molar-refractivity contribution in [1.82, 2.24) is 10.4 Å². The van der Waals surface area contributed by atoms with Gasteiger partial charge in [0.2, 0.25) is 0 Å². The van der Waals surface area contributed by atoms with Gasteiger partial charge in [0.05, 0.1) is 11.8 Å². The summed E-state index contributed by atoms with van der Waals surface area (Å²) in [5.41, 5.74) is 2.41. The minimum Gasteiger partial charge on any atom is -0.459 e. The van der Waals surface area contributed by atoms with Crippen LogP contribution >= 0.6 is 11.6 Å². The van der Waals surface area contributed by atoms with Crippen molar-refractivity contribution < 1.29 is 14.0 Å². The maximum Gasteiger partial charge on any atom is 0.305 e. The summed E-state index contributed by atoms with van der Waals surface area (Å²) in [6.45, 7) is 5.47. The highest BCUT2D eigenvalue weighted by Gasteiger charge is 2.30. The fraction of sp³-hybridized carbons (Fsp3) is 0.250. The van der Waals surface area contributed by atoms with Crippen molar-refractivity contribution in [3.63, 3.8) is 0 Å². The fourth-order valence-electron chi connectivity index (χ4n) is 1.81. The van der Waals surface area contributed by atoms with Crippen LogP contribution in [0.5, 0.6) is 0 Å². The number of nitrogens with zero attached hydrogens (tertiary/aromatic N) is 1. The van der Waals surface area contributed by atoms with Crippen LogP contribution in [0.15, 0.2) is 47.1 Å². The van der Waals surface area contributed by atoms with Crippen molar-refractivity contribution in [3.8, 4) is 0 Å². The van der Waals surface area contributed by atoms with Gasteiger partial charge < -0.3 is 4.42 Å². The SMILES string of the molecule is CC(C)(C)N(NC(=O)c1ccco1)C(=O)c1ccc(Cl)cc1. The van der Waals surface area contributed by atoms with Gasteiger partial charge in [0.25, 0.3) is 5.91 Å². The van der Waals surface area contributed by atoms with Crippen molar-refractivity contribution in [2.75, 3.05) is 0 Å². The number of nitrogens with one attached hydrogen (secondary N) is 1. The van der Waals surface area contributed by atoms with E-state index in [0.717, 1.165) is 0 Å². The van der Waals surface area contributed by atoms with Crippen LogP contribution in [0.1, 0.15) is 41.7 Å². The molecule has 6 heteroatoms. The van der Waals surface area contributed by atoms with Crippen molar-refractivity contribution in [3.05, 3.63) is 59.0 Å². The second kappa shape index (κ2) is 6.23. The third kappa shape index (κ3) is 3.68. The number of amides is 2. The van der Waals surface area contributed by atoms with E-state index < -0.39 is 11.4 Å². The van der Waals surface area contributed by atoms with E-state index in [1.165, 1.54) is 17.3 Å². The summed E-state index contributed by atoms with van der Waals surface area (Å²) in [6.07, 6.45) is 1.40. The first-order valence-electron chi connectivity index (χ1n) is 6.73. The number of carbonyl (C=O) groups is 2. The largest absolute Gasteiger partial charge is 0.459 e. The first kappa shape index (κ1) is 16.1. The topological polar surface area (TPSA) is 62.6 Å². The van der Waals surface area contributed by atoms with E-state index in [-0.39, 0.29) is 11.7 Å². The van der Waals surface area contributed by atoms with Gasteiger partial charge in [-0.3, -0.25) is 15.0 Å². The molecule has 2 amide bonds. The van der Waals surface area contributed by atoms with Crippen LogP contribution < -0.4 is 5.43 Å². The predicted molar refractivity (Wildman–Crippen MR) is 83.5 cm³/mol. The Morgan fingerprint density at radius 3 is 2.27 bits per heavy atom. The van der Waals surface area contributed by atoms with Gasteiger partial charge in [-0.1, -0.05) is 11.6 Å². The monoisotopic (exact) mass is 320 g/mol. The summed E-state index contributed by atoms with van der Waals surface area (Å²) in [7, 11) is 0. The van der Waals surface area contributed by atoms with Crippen LogP contribution in [-0.2, 0) is 0 Å². The van der Waals surface area contributed by atoms with E-state index >= 15 is 0 Å². The Morgan fingerprint density at radius 2 is 1.77 bits per heavy atom. The van der Waals surface area contributed by atoms with Crippen molar-refractivity contribution in [2.24, 2.45) is 0 Å². The lowest BCUT2D eigenvalue weighted by Gasteiger charge is -2.35. The molecule has 0 aliphatic heterocycles. The Hall–Kier alpha value is -2.27. The lowest BCUT2D eigenvalue weighted by molar-refractivity contribution is 0.0349. The molecule has 0 saturated carbocycles. The molecule has 1 heterocycles. The third-order valence-electron chi connectivity index (χ3n) is 2.92. The lowest BCUT2D eigenvalue weighted by Crippen LogP contribution is -2.55. The van der Waals surface area contributed by atoms with Gasteiger partial charge >= 0.3 is 5.91 Å². The van der Waals surface area contributed by atoms with Gasteiger partial charge in [-0.05, 0) is 57.2 Å². The minimum atomic E-state index is -0.612. The molecule has 0 aliphatic rings. The van der Waals surface area contributed by atoms with Crippen LogP contribution in [0.3, 0.4) is 0 Å². The second-order valence-electron chi connectivity index (χ2n) is 5.74. The molecule has 1 aromatic carbocycles. The molecule has 0 fully saturated rings. The number of benzene rings is 1. The Morgan fingerprint density at radius 1 is 1.14 bits per heavy atom. The molecule has 1 N–H and O–H groups in total. The molecule has 22 heavy (non-hydrogen) atoms. The van der Waals surface area contributed by atoms with Crippen molar-refractivity contribution in [1.29, 1.82) is 0 Å². The van der Waals surface area contributed by atoms with E-state index in [9.17, 15) is 9.59 Å². The standard InChI is InChI=1S/C16H17ClN2O3/c1-16(2,3)19(18-14(20)13-5-4-10-22-13)15(21)11-6-8-12(17)9-7-11/h4-10H,1-3H3,(H,18,20). The van der Waals surface area contributed by atoms with Crippen LogP contribution in [0.2, 0.25) is 5.02 Å². The molecular weight excluding hydrogens is 304 g/mol. The highest BCUT2D eigenvalue weighted by molar-refractivity contribution is 6.30. The van der Waals surface area contributed by atoms with Gasteiger partial charge in [-0.25, -0.2) is 5.01 Å². The van der Waals surface area contributed by atoms with E-state index in [1.807, 2.05) is 20.8 Å². The van der Waals surface area contributed by atoms with E-state index in [2.05, 4.69) is 5.43 Å². The van der Waals surface area contributed by atoms with Crippen LogP contribution in [0.4, 0.5) is 0 Å². The smallest absolute Gasteiger partial charge is 0.305 e. The molecular formula is C16H17ClN2O3. The van der Waals surface area contributed by atoms with E-state index in [4.69, 9.17) is 16.0 Å². The van der Waals surface area contributed by atoms with Gasteiger partial charge in [-0.2, -0.15) is 0 Å². The normalized spacial score (nSPS) is 11.1. The number of hydrogen-bond acceptors (Lipinski definition) is 3. The molecule has 0 radical (unpaired) electrons. The van der Waals surface area contributed by atoms with Crippen molar-refractivity contribution >= 4 is 23.4 Å². The zero-order valence-electron chi connectivity index (χ0n) is 12.6. The zero-order chi connectivity index (χ0) is 16.3. The number of hydrazine groups is 1. The third-order valence-corrected chi connectivity index (χ3v) is 3.18. The fourth-order valence-corrected chi connectivity index (χ4v) is 1.94. The minimum absolute atomic E-state index is 0.137. The number of rotatable bonds is 2. The average molecular weight is 321 g/mol.